The Hall–Kier alpha value is -1.74. The molecule has 0 spiro atoms. The molecule has 2 aliphatic rings. The zero-order valence-electron chi connectivity index (χ0n) is 13.6. The van der Waals surface area contributed by atoms with Gasteiger partial charge in [0.15, 0.2) is 0 Å². The maximum Gasteiger partial charge on any atom is 0.255 e. The van der Waals surface area contributed by atoms with Crippen LogP contribution in [-0.4, -0.2) is 22.1 Å². The van der Waals surface area contributed by atoms with Crippen molar-refractivity contribution in [3.8, 4) is 0 Å². The topological polar surface area (TPSA) is 20.3 Å². The second-order valence-corrected chi connectivity index (χ2v) is 9.05. The summed E-state index contributed by atoms with van der Waals surface area (Å²) in [5.74, 6) is 0.201. The third-order valence-electron chi connectivity index (χ3n) is 4.84. The summed E-state index contributed by atoms with van der Waals surface area (Å²) < 4.78 is 0.0971. The van der Waals surface area contributed by atoms with Crippen LogP contribution in [0, 0.1) is 0 Å². The van der Waals surface area contributed by atoms with Gasteiger partial charge in [0.2, 0.25) is 0 Å². The molecule has 1 unspecified atom stereocenters. The number of hydrogen-bond acceptors (Lipinski definition) is 2. The highest BCUT2D eigenvalue weighted by Crippen LogP contribution is 2.59. The lowest BCUT2D eigenvalue weighted by Crippen LogP contribution is -2.38. The molecule has 118 valence electrons. The fourth-order valence-corrected chi connectivity index (χ4v) is 5.78. The lowest BCUT2D eigenvalue weighted by Gasteiger charge is -2.32. The zero-order chi connectivity index (χ0) is 16.1. The van der Waals surface area contributed by atoms with E-state index in [-0.39, 0.29) is 15.5 Å². The molecule has 2 aliphatic heterocycles. The Balaban J connectivity index is 1.74. The third-order valence-corrected chi connectivity index (χ3v) is 6.50. The molecule has 23 heavy (non-hydrogen) atoms. The number of carbonyl (C=O) groups is 1. The number of rotatable bonds is 3. The number of carbonyl (C=O) groups excluding carboxylic acids is 1. The zero-order valence-corrected chi connectivity index (χ0v) is 14.4. The predicted molar refractivity (Wildman–Crippen MR) is 95.6 cm³/mol. The normalized spacial score (nSPS) is 24.6. The Bertz CT molecular complexity index is 755. The Morgan fingerprint density at radius 1 is 1.04 bits per heavy atom. The molecule has 1 saturated heterocycles. The van der Waals surface area contributed by atoms with Gasteiger partial charge in [-0.05, 0) is 38.3 Å². The van der Waals surface area contributed by atoms with Crippen molar-refractivity contribution in [2.45, 2.75) is 36.3 Å². The maximum atomic E-state index is 12.9. The average Bonchev–Trinajstić information content (AvgIpc) is 2.95. The first-order valence-corrected chi connectivity index (χ1v) is 8.99. The number of aryl methyl sites for hydroxylation is 1. The van der Waals surface area contributed by atoms with Crippen molar-refractivity contribution in [3.05, 3.63) is 71.3 Å². The Morgan fingerprint density at radius 3 is 2.52 bits per heavy atom. The van der Waals surface area contributed by atoms with E-state index in [0.29, 0.717) is 0 Å². The summed E-state index contributed by atoms with van der Waals surface area (Å²) in [5, 5.41) is 0. The summed E-state index contributed by atoms with van der Waals surface area (Å²) in [7, 11) is 0. The molecule has 0 N–H and O–H groups in total. The molecule has 2 heterocycles. The summed E-state index contributed by atoms with van der Waals surface area (Å²) in [6, 6.07) is 18.7. The molecule has 0 saturated carbocycles. The van der Waals surface area contributed by atoms with Crippen LogP contribution >= 0.6 is 11.8 Å². The standard InChI is InChI=1S/C20H21NOS/c1-19(2)14-21-18(22)16-10-6-7-11-17(16)20(21,23-19)13-12-15-8-4-3-5-9-15/h3-11H,12-14H2,1-2H3. The molecular formula is C20H21NOS. The fraction of sp³-hybridized carbons (Fsp3) is 0.350. The van der Waals surface area contributed by atoms with Crippen molar-refractivity contribution in [2.24, 2.45) is 0 Å². The summed E-state index contributed by atoms with van der Waals surface area (Å²) in [6.45, 7) is 5.31. The monoisotopic (exact) mass is 323 g/mol. The minimum absolute atomic E-state index is 0.0971. The maximum absolute atomic E-state index is 12.9. The van der Waals surface area contributed by atoms with Crippen molar-refractivity contribution in [2.75, 3.05) is 6.54 Å². The van der Waals surface area contributed by atoms with E-state index in [4.69, 9.17) is 0 Å². The number of nitrogens with zero attached hydrogens (tertiary/aromatic N) is 1. The second kappa shape index (κ2) is 5.13. The van der Waals surface area contributed by atoms with Crippen LogP contribution in [0.4, 0.5) is 0 Å². The van der Waals surface area contributed by atoms with Crippen LogP contribution in [0.15, 0.2) is 54.6 Å². The highest BCUT2D eigenvalue weighted by molar-refractivity contribution is 8.01. The number of amides is 1. The van der Waals surface area contributed by atoms with Gasteiger partial charge >= 0.3 is 0 Å². The SMILES string of the molecule is CC1(C)CN2C(=O)c3ccccc3C2(CCc2ccccc2)S1. The van der Waals surface area contributed by atoms with E-state index >= 15 is 0 Å². The van der Waals surface area contributed by atoms with Crippen molar-refractivity contribution in [1.82, 2.24) is 4.90 Å². The first-order chi connectivity index (χ1) is 11.0. The predicted octanol–water partition coefficient (Wildman–Crippen LogP) is 4.45. The van der Waals surface area contributed by atoms with Crippen molar-refractivity contribution in [3.63, 3.8) is 0 Å². The van der Waals surface area contributed by atoms with Gasteiger partial charge in [0.25, 0.3) is 5.91 Å². The number of benzene rings is 2. The van der Waals surface area contributed by atoms with Crippen LogP contribution in [0.25, 0.3) is 0 Å². The minimum Gasteiger partial charge on any atom is -0.318 e. The largest absolute Gasteiger partial charge is 0.318 e. The first kappa shape index (κ1) is 14.8. The second-order valence-electron chi connectivity index (χ2n) is 7.07. The van der Waals surface area contributed by atoms with E-state index in [1.807, 2.05) is 23.9 Å². The van der Waals surface area contributed by atoms with E-state index in [0.717, 1.165) is 24.9 Å². The molecule has 3 heteroatoms. The minimum atomic E-state index is -0.201. The van der Waals surface area contributed by atoms with E-state index in [1.165, 1.54) is 11.1 Å². The summed E-state index contributed by atoms with van der Waals surface area (Å²) in [6.07, 6.45) is 1.95. The molecule has 2 aromatic rings. The van der Waals surface area contributed by atoms with Gasteiger partial charge in [-0.1, -0.05) is 48.5 Å². The molecule has 2 aromatic carbocycles. The van der Waals surface area contributed by atoms with Crippen LogP contribution < -0.4 is 0 Å². The van der Waals surface area contributed by atoms with Gasteiger partial charge in [-0.3, -0.25) is 4.79 Å². The summed E-state index contributed by atoms with van der Waals surface area (Å²) in [4.78, 5) is 14.8. The van der Waals surface area contributed by atoms with Crippen LogP contribution in [0.2, 0.25) is 0 Å². The molecule has 1 amide bonds. The molecule has 0 aliphatic carbocycles. The Morgan fingerprint density at radius 2 is 1.74 bits per heavy atom. The molecule has 0 radical (unpaired) electrons. The molecule has 0 bridgehead atoms. The van der Waals surface area contributed by atoms with Gasteiger partial charge in [0.1, 0.15) is 4.87 Å². The first-order valence-electron chi connectivity index (χ1n) is 8.17. The molecule has 4 rings (SSSR count). The van der Waals surface area contributed by atoms with Gasteiger partial charge in [-0.2, -0.15) is 0 Å². The Labute approximate surface area is 141 Å². The third kappa shape index (κ3) is 2.29. The van der Waals surface area contributed by atoms with Crippen LogP contribution in [-0.2, 0) is 11.3 Å². The number of thioether (sulfide) groups is 1. The molecule has 1 atom stereocenters. The smallest absolute Gasteiger partial charge is 0.255 e. The molecule has 1 fully saturated rings. The Kier molecular flexibility index (Phi) is 3.31. The van der Waals surface area contributed by atoms with Crippen molar-refractivity contribution < 1.29 is 4.79 Å². The van der Waals surface area contributed by atoms with Crippen molar-refractivity contribution >= 4 is 17.7 Å². The van der Waals surface area contributed by atoms with Crippen molar-refractivity contribution in [1.29, 1.82) is 0 Å². The van der Waals surface area contributed by atoms with Crippen LogP contribution in [0.1, 0.15) is 41.8 Å². The van der Waals surface area contributed by atoms with Gasteiger partial charge < -0.3 is 4.90 Å². The quantitative estimate of drug-likeness (QED) is 0.831. The lowest BCUT2D eigenvalue weighted by atomic mass is 9.97. The van der Waals surface area contributed by atoms with Gasteiger partial charge in [0, 0.05) is 22.4 Å². The number of fused-ring (bicyclic) bond motifs is 3. The molecule has 0 aromatic heterocycles. The number of hydrogen-bond donors (Lipinski definition) is 0. The highest BCUT2D eigenvalue weighted by atomic mass is 32.2. The van der Waals surface area contributed by atoms with Gasteiger partial charge in [0.05, 0.1) is 0 Å². The highest BCUT2D eigenvalue weighted by Gasteiger charge is 2.57. The summed E-state index contributed by atoms with van der Waals surface area (Å²) >= 11 is 1.96. The van der Waals surface area contributed by atoms with Gasteiger partial charge in [-0.25, -0.2) is 0 Å². The van der Waals surface area contributed by atoms with Crippen LogP contribution in [0.3, 0.4) is 0 Å². The fourth-order valence-electron chi connectivity index (χ4n) is 3.92. The molecule has 2 nitrogen and oxygen atoms in total. The average molecular weight is 323 g/mol. The van der Waals surface area contributed by atoms with E-state index in [9.17, 15) is 4.79 Å². The van der Waals surface area contributed by atoms with Gasteiger partial charge in [-0.15, -0.1) is 11.8 Å². The van der Waals surface area contributed by atoms with E-state index < -0.39 is 0 Å². The summed E-state index contributed by atoms with van der Waals surface area (Å²) in [5.41, 5.74) is 3.43. The van der Waals surface area contributed by atoms with E-state index in [1.54, 1.807) is 0 Å². The lowest BCUT2D eigenvalue weighted by molar-refractivity contribution is 0.0698. The molecular weight excluding hydrogens is 302 g/mol. The van der Waals surface area contributed by atoms with Crippen LogP contribution in [0.5, 0.6) is 0 Å². The van der Waals surface area contributed by atoms with E-state index in [2.05, 4.69) is 61.2 Å².